The lowest BCUT2D eigenvalue weighted by Gasteiger charge is -2.19. The van der Waals surface area contributed by atoms with Gasteiger partial charge in [0.05, 0.1) is 4.92 Å². The van der Waals surface area contributed by atoms with Crippen molar-refractivity contribution in [3.63, 3.8) is 0 Å². The zero-order valence-corrected chi connectivity index (χ0v) is 14.3. The first-order chi connectivity index (χ1) is 12.5. The van der Waals surface area contributed by atoms with Crippen LogP contribution >= 0.6 is 7.82 Å². The molecule has 0 fully saturated rings. The van der Waals surface area contributed by atoms with E-state index in [4.69, 9.17) is 13.6 Å². The second-order valence-corrected chi connectivity index (χ2v) is 6.54. The van der Waals surface area contributed by atoms with Crippen LogP contribution in [0.3, 0.4) is 0 Å². The summed E-state index contributed by atoms with van der Waals surface area (Å²) in [6, 6.07) is 22.0. The van der Waals surface area contributed by atoms with Crippen molar-refractivity contribution in [3.05, 3.63) is 95.0 Å². The van der Waals surface area contributed by atoms with E-state index in [0.717, 1.165) is 0 Å². The van der Waals surface area contributed by atoms with Gasteiger partial charge in [-0.1, -0.05) is 36.4 Å². The monoisotopic (exact) mass is 371 g/mol. The van der Waals surface area contributed by atoms with Crippen LogP contribution in [0.4, 0.5) is 5.69 Å². The number of phosphoric acid groups is 1. The summed E-state index contributed by atoms with van der Waals surface area (Å²) >= 11 is 0. The van der Waals surface area contributed by atoms with Crippen LogP contribution in [0.25, 0.3) is 0 Å². The molecule has 0 unspecified atom stereocenters. The molecule has 0 saturated heterocycles. The van der Waals surface area contributed by atoms with Crippen LogP contribution in [-0.2, 0) is 4.57 Å². The number of phosphoric ester groups is 1. The quantitative estimate of drug-likeness (QED) is 0.321. The highest BCUT2D eigenvalue weighted by Gasteiger charge is 2.33. The molecular weight excluding hydrogens is 357 g/mol. The summed E-state index contributed by atoms with van der Waals surface area (Å²) in [5, 5.41) is 10.7. The van der Waals surface area contributed by atoms with Gasteiger partial charge in [0, 0.05) is 12.1 Å². The molecule has 3 aromatic carbocycles. The third-order valence-electron chi connectivity index (χ3n) is 3.19. The van der Waals surface area contributed by atoms with Crippen molar-refractivity contribution in [1.29, 1.82) is 0 Å². The van der Waals surface area contributed by atoms with Crippen LogP contribution in [0, 0.1) is 10.1 Å². The maximum atomic E-state index is 13.1. The van der Waals surface area contributed by atoms with Gasteiger partial charge in [-0.15, -0.1) is 0 Å². The van der Waals surface area contributed by atoms with Gasteiger partial charge < -0.3 is 13.6 Å². The van der Waals surface area contributed by atoms with Crippen molar-refractivity contribution in [3.8, 4) is 17.2 Å². The van der Waals surface area contributed by atoms with Gasteiger partial charge in [0.2, 0.25) is 0 Å². The van der Waals surface area contributed by atoms with Gasteiger partial charge in [0.1, 0.15) is 17.2 Å². The van der Waals surface area contributed by atoms with E-state index in [1.807, 2.05) is 0 Å². The molecule has 0 heterocycles. The standard InChI is InChI=1S/C18H14NO6P/c20-19(21)15-11-13-18(14-12-15)25-26(22,23-16-7-3-1-4-8-16)24-17-9-5-2-6-10-17/h1-14H. The molecule has 0 aliphatic carbocycles. The van der Waals surface area contributed by atoms with Crippen LogP contribution in [0.5, 0.6) is 17.2 Å². The predicted octanol–water partition coefficient (Wildman–Crippen LogP) is 5.24. The summed E-state index contributed by atoms with van der Waals surface area (Å²) < 4.78 is 29.5. The lowest BCUT2D eigenvalue weighted by Crippen LogP contribution is -2.07. The Morgan fingerprint density at radius 2 is 1.04 bits per heavy atom. The Hall–Kier alpha value is -3.31. The van der Waals surface area contributed by atoms with Crippen molar-refractivity contribution < 1.29 is 23.1 Å². The average molecular weight is 371 g/mol. The number of nitro groups is 1. The maximum Gasteiger partial charge on any atom is 0.647 e. The smallest absolute Gasteiger partial charge is 0.386 e. The summed E-state index contributed by atoms with van der Waals surface area (Å²) in [6.45, 7) is 0. The highest BCUT2D eigenvalue weighted by atomic mass is 31.2. The molecule has 8 heteroatoms. The first-order valence-corrected chi connectivity index (χ1v) is 9.03. The zero-order chi connectivity index (χ0) is 18.4. The van der Waals surface area contributed by atoms with E-state index in [-0.39, 0.29) is 11.4 Å². The highest BCUT2D eigenvalue weighted by Crippen LogP contribution is 2.49. The summed E-state index contributed by atoms with van der Waals surface area (Å²) in [7, 11) is -4.09. The molecule has 0 bridgehead atoms. The topological polar surface area (TPSA) is 87.9 Å². The number of benzene rings is 3. The second-order valence-electron chi connectivity index (χ2n) is 5.10. The van der Waals surface area contributed by atoms with E-state index in [2.05, 4.69) is 0 Å². The van der Waals surface area contributed by atoms with E-state index in [1.54, 1.807) is 60.7 Å². The van der Waals surface area contributed by atoms with Crippen LogP contribution < -0.4 is 13.6 Å². The molecule has 132 valence electrons. The Labute approximate surface area is 149 Å². The van der Waals surface area contributed by atoms with E-state index < -0.39 is 12.7 Å². The van der Waals surface area contributed by atoms with Crippen LogP contribution in [-0.4, -0.2) is 4.92 Å². The number of rotatable bonds is 7. The Morgan fingerprint density at radius 1 is 0.654 bits per heavy atom. The fraction of sp³-hybridized carbons (Fsp3) is 0. The molecule has 26 heavy (non-hydrogen) atoms. The molecule has 0 N–H and O–H groups in total. The minimum absolute atomic E-state index is 0.111. The predicted molar refractivity (Wildman–Crippen MR) is 95.5 cm³/mol. The van der Waals surface area contributed by atoms with E-state index in [9.17, 15) is 14.7 Å². The zero-order valence-electron chi connectivity index (χ0n) is 13.4. The minimum atomic E-state index is -4.09. The van der Waals surface area contributed by atoms with Crippen molar-refractivity contribution >= 4 is 13.5 Å². The Kier molecular flexibility index (Phi) is 5.20. The van der Waals surface area contributed by atoms with Crippen molar-refractivity contribution in [1.82, 2.24) is 0 Å². The number of para-hydroxylation sites is 2. The number of nitrogens with zero attached hydrogens (tertiary/aromatic N) is 1. The number of non-ortho nitro benzene ring substituents is 1. The first-order valence-electron chi connectivity index (χ1n) is 7.57. The van der Waals surface area contributed by atoms with Crippen molar-refractivity contribution in [2.45, 2.75) is 0 Å². The lowest BCUT2D eigenvalue weighted by molar-refractivity contribution is -0.384. The molecule has 3 aromatic rings. The Morgan fingerprint density at radius 3 is 1.42 bits per heavy atom. The van der Waals surface area contributed by atoms with E-state index in [0.29, 0.717) is 11.5 Å². The summed E-state index contributed by atoms with van der Waals surface area (Å²) in [4.78, 5) is 10.2. The second kappa shape index (κ2) is 7.72. The highest BCUT2D eigenvalue weighted by molar-refractivity contribution is 7.49. The SMILES string of the molecule is O=[N+]([O-])c1ccc(OP(=O)(Oc2ccccc2)Oc2ccccc2)cc1. The number of hydrogen-bond acceptors (Lipinski definition) is 6. The minimum Gasteiger partial charge on any atom is -0.386 e. The van der Waals surface area contributed by atoms with Crippen molar-refractivity contribution in [2.75, 3.05) is 0 Å². The lowest BCUT2D eigenvalue weighted by atomic mass is 10.3. The maximum absolute atomic E-state index is 13.1. The molecule has 7 nitrogen and oxygen atoms in total. The number of hydrogen-bond donors (Lipinski definition) is 0. The van der Waals surface area contributed by atoms with Gasteiger partial charge in [-0.05, 0) is 36.4 Å². The van der Waals surface area contributed by atoms with E-state index in [1.165, 1.54) is 24.3 Å². The fourth-order valence-corrected chi connectivity index (χ4v) is 3.29. The molecule has 0 atom stereocenters. The number of nitro benzene ring substituents is 1. The first kappa shape index (κ1) is 17.5. The molecule has 0 aliphatic heterocycles. The average Bonchev–Trinajstić information content (AvgIpc) is 2.63. The molecular formula is C18H14NO6P. The van der Waals surface area contributed by atoms with Crippen molar-refractivity contribution in [2.24, 2.45) is 0 Å². The Bertz CT molecular complexity index is 870. The fourth-order valence-electron chi connectivity index (χ4n) is 2.03. The largest absolute Gasteiger partial charge is 0.647 e. The van der Waals surface area contributed by atoms with Gasteiger partial charge in [-0.25, -0.2) is 0 Å². The van der Waals surface area contributed by atoms with E-state index >= 15 is 0 Å². The third-order valence-corrected chi connectivity index (χ3v) is 4.49. The van der Waals surface area contributed by atoms with Gasteiger partial charge in [0.15, 0.2) is 0 Å². The molecule has 0 amide bonds. The van der Waals surface area contributed by atoms with Gasteiger partial charge in [0.25, 0.3) is 5.69 Å². The molecule has 0 saturated carbocycles. The molecule has 3 rings (SSSR count). The van der Waals surface area contributed by atoms with Gasteiger partial charge >= 0.3 is 7.82 Å². The molecule has 0 spiro atoms. The van der Waals surface area contributed by atoms with Gasteiger partial charge in [-0.2, -0.15) is 4.57 Å². The Balaban J connectivity index is 1.86. The molecule has 0 radical (unpaired) electrons. The molecule has 0 aromatic heterocycles. The summed E-state index contributed by atoms with van der Waals surface area (Å²) in [6.07, 6.45) is 0. The summed E-state index contributed by atoms with van der Waals surface area (Å²) in [5.74, 6) is 0.716. The van der Waals surface area contributed by atoms with Gasteiger partial charge in [-0.3, -0.25) is 10.1 Å². The van der Waals surface area contributed by atoms with Crippen LogP contribution in [0.15, 0.2) is 84.9 Å². The van der Waals surface area contributed by atoms with Crippen LogP contribution in [0.1, 0.15) is 0 Å². The normalized spacial score (nSPS) is 10.8. The molecule has 0 aliphatic rings. The third kappa shape index (κ3) is 4.62. The summed E-state index contributed by atoms with van der Waals surface area (Å²) in [5.41, 5.74) is -0.111. The van der Waals surface area contributed by atoms with Crippen LogP contribution in [0.2, 0.25) is 0 Å².